The second-order valence-electron chi connectivity index (χ2n) is 9.66. The number of halogens is 2. The van der Waals surface area contributed by atoms with Gasteiger partial charge in [0.05, 0.1) is 27.8 Å². The lowest BCUT2D eigenvalue weighted by atomic mass is 9.81. The van der Waals surface area contributed by atoms with Crippen LogP contribution < -0.4 is 5.32 Å². The zero-order chi connectivity index (χ0) is 27.1. The molecule has 12 heteroatoms. The summed E-state index contributed by atoms with van der Waals surface area (Å²) in [4.78, 5) is 13.1. The molecule has 2 atom stereocenters. The Kier molecular flexibility index (Phi) is 7.38. The Morgan fingerprint density at radius 2 is 2.03 bits per heavy atom. The van der Waals surface area contributed by atoms with E-state index in [4.69, 9.17) is 11.6 Å². The Morgan fingerprint density at radius 1 is 1.26 bits per heavy atom. The van der Waals surface area contributed by atoms with Gasteiger partial charge in [0.15, 0.2) is 23.1 Å². The van der Waals surface area contributed by atoms with Crippen LogP contribution in [0.25, 0.3) is 22.4 Å². The van der Waals surface area contributed by atoms with Crippen LogP contribution in [0.1, 0.15) is 31.2 Å². The van der Waals surface area contributed by atoms with Crippen LogP contribution >= 0.6 is 23.4 Å². The zero-order valence-electron chi connectivity index (χ0n) is 20.9. The molecule has 38 heavy (non-hydrogen) atoms. The third-order valence-electron chi connectivity index (χ3n) is 6.76. The van der Waals surface area contributed by atoms with Gasteiger partial charge in [-0.25, -0.2) is 31.7 Å². The fourth-order valence-electron chi connectivity index (χ4n) is 4.96. The van der Waals surface area contributed by atoms with Gasteiger partial charge in [-0.2, -0.15) is 11.8 Å². The number of hydrogen-bond acceptors (Lipinski definition) is 8. The van der Waals surface area contributed by atoms with Crippen molar-refractivity contribution >= 4 is 50.2 Å². The smallest absolute Gasteiger partial charge is 0.269 e. The van der Waals surface area contributed by atoms with Gasteiger partial charge >= 0.3 is 0 Å². The van der Waals surface area contributed by atoms with Gasteiger partial charge < -0.3 is 10.4 Å². The molecule has 4 aromatic rings. The van der Waals surface area contributed by atoms with E-state index in [2.05, 4.69) is 20.3 Å². The van der Waals surface area contributed by atoms with Crippen LogP contribution in [0.3, 0.4) is 0 Å². The van der Waals surface area contributed by atoms with Crippen LogP contribution in [0.2, 0.25) is 5.02 Å². The average Bonchev–Trinajstić information content (AvgIpc) is 3.25. The SMILES string of the molecule is CSC[C@@]1(Nc2nc(-c3cn(S(=O)(=O)c4ccc(C)cc4)c4ncc(Cl)cc34)ncc2F)CCC[C@H](O)C1. The number of fused-ring (bicyclic) bond motifs is 1. The van der Waals surface area contributed by atoms with Crippen molar-refractivity contribution in [3.63, 3.8) is 0 Å². The number of benzene rings is 1. The molecular weight excluding hydrogens is 549 g/mol. The second kappa shape index (κ2) is 10.4. The minimum atomic E-state index is -4.01. The predicted molar refractivity (Wildman–Crippen MR) is 149 cm³/mol. The molecule has 0 bridgehead atoms. The summed E-state index contributed by atoms with van der Waals surface area (Å²) in [5.74, 6) is 0.143. The molecule has 1 saturated carbocycles. The van der Waals surface area contributed by atoms with Gasteiger partial charge in [0, 0.05) is 29.1 Å². The number of thioether (sulfide) groups is 1. The molecule has 0 amide bonds. The highest BCUT2D eigenvalue weighted by molar-refractivity contribution is 7.98. The van der Waals surface area contributed by atoms with Gasteiger partial charge in [-0.15, -0.1) is 0 Å². The van der Waals surface area contributed by atoms with Crippen LogP contribution in [-0.2, 0) is 10.0 Å². The quantitative estimate of drug-likeness (QED) is 0.306. The molecule has 8 nitrogen and oxygen atoms in total. The lowest BCUT2D eigenvalue weighted by Crippen LogP contribution is -2.47. The van der Waals surface area contributed by atoms with E-state index < -0.39 is 27.5 Å². The molecule has 200 valence electrons. The van der Waals surface area contributed by atoms with E-state index in [-0.39, 0.29) is 22.2 Å². The van der Waals surface area contributed by atoms with Crippen molar-refractivity contribution in [3.8, 4) is 11.4 Å². The summed E-state index contributed by atoms with van der Waals surface area (Å²) in [7, 11) is -4.01. The molecule has 0 aliphatic heterocycles. The highest BCUT2D eigenvalue weighted by atomic mass is 35.5. The van der Waals surface area contributed by atoms with E-state index in [1.165, 1.54) is 24.5 Å². The maximum absolute atomic E-state index is 15.0. The first-order valence-corrected chi connectivity index (χ1v) is 15.3. The fraction of sp³-hybridized carbons (Fsp3) is 0.346. The Labute approximate surface area is 229 Å². The fourth-order valence-corrected chi connectivity index (χ4v) is 7.33. The minimum absolute atomic E-state index is 0.00423. The molecule has 0 unspecified atom stereocenters. The summed E-state index contributed by atoms with van der Waals surface area (Å²) < 4.78 is 43.2. The van der Waals surface area contributed by atoms with Gasteiger partial charge in [-0.3, -0.25) is 0 Å². The Balaban J connectivity index is 1.62. The summed E-state index contributed by atoms with van der Waals surface area (Å²) in [5.41, 5.74) is 0.895. The van der Waals surface area contributed by atoms with Crippen LogP contribution in [-0.4, -0.2) is 56.1 Å². The van der Waals surface area contributed by atoms with Gasteiger partial charge in [0.2, 0.25) is 0 Å². The average molecular weight is 576 g/mol. The van der Waals surface area contributed by atoms with Crippen molar-refractivity contribution in [3.05, 3.63) is 65.3 Å². The number of rotatable bonds is 7. The lowest BCUT2D eigenvalue weighted by molar-refractivity contribution is 0.101. The number of hydrogen-bond donors (Lipinski definition) is 2. The van der Waals surface area contributed by atoms with Crippen LogP contribution in [0, 0.1) is 12.7 Å². The van der Waals surface area contributed by atoms with Gasteiger partial charge in [0.25, 0.3) is 10.0 Å². The molecule has 1 aliphatic rings. The molecule has 5 rings (SSSR count). The summed E-state index contributed by atoms with van der Waals surface area (Å²) in [5, 5.41) is 14.3. The monoisotopic (exact) mass is 575 g/mol. The van der Waals surface area contributed by atoms with E-state index in [0.717, 1.165) is 28.6 Å². The van der Waals surface area contributed by atoms with Crippen LogP contribution in [0.15, 0.2) is 53.8 Å². The van der Waals surface area contributed by atoms with E-state index >= 15 is 0 Å². The molecule has 3 heterocycles. The number of nitrogens with zero attached hydrogens (tertiary/aromatic N) is 4. The molecule has 1 aliphatic carbocycles. The minimum Gasteiger partial charge on any atom is -0.393 e. The third kappa shape index (κ3) is 5.12. The number of aromatic nitrogens is 4. The van der Waals surface area contributed by atoms with Crippen molar-refractivity contribution in [2.45, 2.75) is 49.1 Å². The van der Waals surface area contributed by atoms with E-state index in [9.17, 15) is 17.9 Å². The lowest BCUT2D eigenvalue weighted by Gasteiger charge is -2.40. The summed E-state index contributed by atoms with van der Waals surface area (Å²) in [6.45, 7) is 1.87. The van der Waals surface area contributed by atoms with Crippen molar-refractivity contribution in [2.24, 2.45) is 0 Å². The largest absolute Gasteiger partial charge is 0.393 e. The molecule has 1 fully saturated rings. The van der Waals surface area contributed by atoms with Crippen molar-refractivity contribution in [2.75, 3.05) is 17.3 Å². The Bertz CT molecular complexity index is 1590. The zero-order valence-corrected chi connectivity index (χ0v) is 23.2. The van der Waals surface area contributed by atoms with E-state index in [1.807, 2.05) is 13.2 Å². The topological polar surface area (TPSA) is 110 Å². The maximum atomic E-state index is 15.0. The number of nitrogens with one attached hydrogen (secondary N) is 1. The number of aryl methyl sites for hydroxylation is 1. The molecule has 0 radical (unpaired) electrons. The van der Waals surface area contributed by atoms with Crippen molar-refractivity contribution in [1.29, 1.82) is 0 Å². The van der Waals surface area contributed by atoms with Crippen molar-refractivity contribution < 1.29 is 17.9 Å². The predicted octanol–water partition coefficient (Wildman–Crippen LogP) is 5.28. The van der Waals surface area contributed by atoms with Gasteiger partial charge in [0.1, 0.15) is 0 Å². The highest BCUT2D eigenvalue weighted by Gasteiger charge is 2.36. The second-order valence-corrected chi connectivity index (χ2v) is 12.8. The molecule has 0 spiro atoms. The highest BCUT2D eigenvalue weighted by Crippen LogP contribution is 2.36. The number of aliphatic hydroxyl groups excluding tert-OH is 1. The first kappa shape index (κ1) is 26.9. The number of pyridine rings is 1. The van der Waals surface area contributed by atoms with Crippen LogP contribution in [0.5, 0.6) is 0 Å². The number of aliphatic hydroxyl groups is 1. The third-order valence-corrected chi connectivity index (χ3v) is 9.48. The Morgan fingerprint density at radius 3 is 2.74 bits per heavy atom. The number of anilines is 1. The summed E-state index contributed by atoms with van der Waals surface area (Å²) in [6.07, 6.45) is 8.05. The molecule has 0 saturated heterocycles. The normalized spacial score (nSPS) is 20.1. The van der Waals surface area contributed by atoms with E-state index in [0.29, 0.717) is 34.6 Å². The standard InChI is InChI=1S/C26H27ClFN5O3S2/c1-16-5-7-19(8-6-16)38(35,36)33-14-21(20-10-17(27)12-30-25(20)33)23-29-13-22(28)24(31-23)32-26(15-37-2)9-3-4-18(34)11-26/h5-8,10,12-14,18,34H,3-4,9,11,15H2,1-2H3,(H,29,31,32)/t18-,26+/m0/s1. The van der Waals surface area contributed by atoms with Gasteiger partial charge in [-0.1, -0.05) is 29.3 Å². The first-order chi connectivity index (χ1) is 18.1. The molecular formula is C26H27ClFN5O3S2. The summed E-state index contributed by atoms with van der Waals surface area (Å²) >= 11 is 7.84. The molecule has 3 aromatic heterocycles. The van der Waals surface area contributed by atoms with Gasteiger partial charge in [-0.05, 0) is 57.1 Å². The summed E-state index contributed by atoms with van der Waals surface area (Å²) in [6, 6.07) is 8.10. The molecule has 2 N–H and O–H groups in total. The maximum Gasteiger partial charge on any atom is 0.269 e. The first-order valence-electron chi connectivity index (χ1n) is 12.1. The van der Waals surface area contributed by atoms with E-state index in [1.54, 1.807) is 30.0 Å². The molecule has 1 aromatic carbocycles. The van der Waals surface area contributed by atoms with Crippen LogP contribution in [0.4, 0.5) is 10.2 Å². The van der Waals surface area contributed by atoms with Crippen molar-refractivity contribution in [1.82, 2.24) is 18.9 Å². The Hall–Kier alpha value is -2.73.